The first-order valence-corrected chi connectivity index (χ1v) is 7.18. The number of imidazole rings is 1. The van der Waals surface area contributed by atoms with E-state index in [0.29, 0.717) is 12.0 Å². The summed E-state index contributed by atoms with van der Waals surface area (Å²) < 4.78 is 0. The van der Waals surface area contributed by atoms with Gasteiger partial charge in [-0.15, -0.1) is 0 Å². The Morgan fingerprint density at radius 3 is 2.82 bits per heavy atom. The summed E-state index contributed by atoms with van der Waals surface area (Å²) in [6.45, 7) is 0.0133. The summed E-state index contributed by atoms with van der Waals surface area (Å²) in [4.78, 5) is 19.6. The number of fused-ring (bicyclic) bond motifs is 1. The largest absolute Gasteiger partial charge is 0.396 e. The van der Waals surface area contributed by atoms with Crippen molar-refractivity contribution < 1.29 is 9.90 Å². The molecule has 0 bridgehead atoms. The summed E-state index contributed by atoms with van der Waals surface area (Å²) in [5.41, 5.74) is 3.20. The Bertz CT molecular complexity index is 768. The lowest BCUT2D eigenvalue weighted by Gasteiger charge is -2.18. The number of carbonyl (C=O) groups excluding carboxylic acids is 1. The van der Waals surface area contributed by atoms with Crippen molar-refractivity contribution in [3.8, 4) is 0 Å². The zero-order valence-electron chi connectivity index (χ0n) is 12.0. The molecule has 0 spiro atoms. The maximum atomic E-state index is 12.4. The zero-order chi connectivity index (χ0) is 15.4. The maximum absolute atomic E-state index is 12.4. The van der Waals surface area contributed by atoms with E-state index in [-0.39, 0.29) is 18.6 Å². The first-order chi connectivity index (χ1) is 10.8. The van der Waals surface area contributed by atoms with E-state index in [4.69, 9.17) is 0 Å². The second kappa shape index (κ2) is 6.41. The number of aromatic nitrogens is 2. The Kier molecular flexibility index (Phi) is 4.16. The highest BCUT2D eigenvalue weighted by atomic mass is 16.3. The number of hydrogen-bond acceptors (Lipinski definition) is 3. The van der Waals surface area contributed by atoms with Crippen LogP contribution in [0.4, 0.5) is 0 Å². The van der Waals surface area contributed by atoms with Gasteiger partial charge in [-0.25, -0.2) is 4.98 Å². The SMILES string of the molecule is O=C(NC(CCO)c1ccccc1)c1ccc2nc[nH]c2c1. The van der Waals surface area contributed by atoms with Crippen LogP contribution in [0.2, 0.25) is 0 Å². The Labute approximate surface area is 128 Å². The lowest BCUT2D eigenvalue weighted by Crippen LogP contribution is -2.29. The van der Waals surface area contributed by atoms with Crippen LogP contribution in [0.5, 0.6) is 0 Å². The summed E-state index contributed by atoms with van der Waals surface area (Å²) in [7, 11) is 0. The molecule has 1 unspecified atom stereocenters. The van der Waals surface area contributed by atoms with Crippen LogP contribution in [0.25, 0.3) is 11.0 Å². The van der Waals surface area contributed by atoms with E-state index in [9.17, 15) is 9.90 Å². The molecule has 0 saturated carbocycles. The van der Waals surface area contributed by atoms with Gasteiger partial charge in [0.2, 0.25) is 0 Å². The zero-order valence-corrected chi connectivity index (χ0v) is 12.0. The summed E-state index contributed by atoms with van der Waals surface area (Å²) in [5, 5.41) is 12.2. The normalized spacial score (nSPS) is 12.2. The predicted octanol–water partition coefficient (Wildman–Crippen LogP) is 2.42. The number of aliphatic hydroxyl groups excluding tert-OH is 1. The van der Waals surface area contributed by atoms with Crippen molar-refractivity contribution in [1.29, 1.82) is 0 Å². The van der Waals surface area contributed by atoms with Crippen molar-refractivity contribution in [3.63, 3.8) is 0 Å². The van der Waals surface area contributed by atoms with Gasteiger partial charge >= 0.3 is 0 Å². The van der Waals surface area contributed by atoms with Crippen molar-refractivity contribution in [2.24, 2.45) is 0 Å². The minimum absolute atomic E-state index is 0.0133. The summed E-state index contributed by atoms with van der Waals surface area (Å²) >= 11 is 0. The highest BCUT2D eigenvalue weighted by molar-refractivity contribution is 5.97. The molecule has 0 fully saturated rings. The van der Waals surface area contributed by atoms with Gasteiger partial charge in [0.15, 0.2) is 0 Å². The molecule has 0 aliphatic heterocycles. The molecule has 5 nitrogen and oxygen atoms in total. The smallest absolute Gasteiger partial charge is 0.251 e. The van der Waals surface area contributed by atoms with E-state index in [1.165, 1.54) is 0 Å². The van der Waals surface area contributed by atoms with Crippen LogP contribution in [0.1, 0.15) is 28.4 Å². The molecule has 1 amide bonds. The van der Waals surface area contributed by atoms with E-state index in [1.54, 1.807) is 18.5 Å². The summed E-state index contributed by atoms with van der Waals surface area (Å²) in [5.74, 6) is -0.168. The molecule has 1 aromatic heterocycles. The molecular formula is C17H17N3O2. The Morgan fingerprint density at radius 1 is 1.23 bits per heavy atom. The van der Waals surface area contributed by atoms with Crippen molar-refractivity contribution in [1.82, 2.24) is 15.3 Å². The van der Waals surface area contributed by atoms with Gasteiger partial charge in [0, 0.05) is 12.2 Å². The van der Waals surface area contributed by atoms with Gasteiger partial charge in [-0.3, -0.25) is 4.79 Å². The van der Waals surface area contributed by atoms with Crippen LogP contribution in [0.15, 0.2) is 54.9 Å². The van der Waals surface area contributed by atoms with E-state index < -0.39 is 0 Å². The molecule has 0 radical (unpaired) electrons. The van der Waals surface area contributed by atoms with Crippen molar-refractivity contribution >= 4 is 16.9 Å². The standard InChI is InChI=1S/C17H17N3O2/c21-9-8-14(12-4-2-1-3-5-12)20-17(22)13-6-7-15-16(10-13)19-11-18-15/h1-7,10-11,14,21H,8-9H2,(H,18,19)(H,20,22). The number of aromatic amines is 1. The molecule has 3 rings (SSSR count). The van der Waals surface area contributed by atoms with Crippen LogP contribution in [0.3, 0.4) is 0 Å². The fourth-order valence-electron chi connectivity index (χ4n) is 2.46. The van der Waals surface area contributed by atoms with Gasteiger partial charge in [0.1, 0.15) is 0 Å². The molecule has 1 atom stereocenters. The van der Waals surface area contributed by atoms with E-state index in [0.717, 1.165) is 16.6 Å². The molecule has 5 heteroatoms. The molecular weight excluding hydrogens is 278 g/mol. The third-order valence-corrected chi connectivity index (χ3v) is 3.61. The Balaban J connectivity index is 1.81. The van der Waals surface area contributed by atoms with Crippen molar-refractivity contribution in [2.75, 3.05) is 6.61 Å². The van der Waals surface area contributed by atoms with Crippen LogP contribution < -0.4 is 5.32 Å². The second-order valence-corrected chi connectivity index (χ2v) is 5.08. The molecule has 112 valence electrons. The number of aliphatic hydroxyl groups is 1. The average molecular weight is 295 g/mol. The quantitative estimate of drug-likeness (QED) is 0.676. The van der Waals surface area contributed by atoms with Gasteiger partial charge in [0.25, 0.3) is 5.91 Å². The topological polar surface area (TPSA) is 78.0 Å². The lowest BCUT2D eigenvalue weighted by molar-refractivity contribution is 0.0930. The molecule has 22 heavy (non-hydrogen) atoms. The number of nitrogens with one attached hydrogen (secondary N) is 2. The van der Waals surface area contributed by atoms with Crippen LogP contribution in [-0.4, -0.2) is 27.6 Å². The molecule has 2 aromatic carbocycles. The number of H-pyrrole nitrogens is 1. The van der Waals surface area contributed by atoms with Gasteiger partial charge in [-0.2, -0.15) is 0 Å². The maximum Gasteiger partial charge on any atom is 0.251 e. The number of carbonyl (C=O) groups is 1. The minimum Gasteiger partial charge on any atom is -0.396 e. The highest BCUT2D eigenvalue weighted by Gasteiger charge is 2.15. The predicted molar refractivity (Wildman–Crippen MR) is 84.4 cm³/mol. The van der Waals surface area contributed by atoms with E-state index in [1.807, 2.05) is 36.4 Å². The highest BCUT2D eigenvalue weighted by Crippen LogP contribution is 2.18. The minimum atomic E-state index is -0.212. The van der Waals surface area contributed by atoms with Crippen LogP contribution >= 0.6 is 0 Å². The number of hydrogen-bond donors (Lipinski definition) is 3. The fraction of sp³-hybridized carbons (Fsp3) is 0.176. The molecule has 3 N–H and O–H groups in total. The second-order valence-electron chi connectivity index (χ2n) is 5.08. The number of nitrogens with zero attached hydrogens (tertiary/aromatic N) is 1. The van der Waals surface area contributed by atoms with Crippen molar-refractivity contribution in [2.45, 2.75) is 12.5 Å². The number of amides is 1. The number of rotatable bonds is 5. The van der Waals surface area contributed by atoms with E-state index in [2.05, 4.69) is 15.3 Å². The molecule has 0 aliphatic rings. The molecule has 0 saturated heterocycles. The lowest BCUT2D eigenvalue weighted by atomic mass is 10.0. The first-order valence-electron chi connectivity index (χ1n) is 7.18. The van der Waals surface area contributed by atoms with Crippen LogP contribution in [-0.2, 0) is 0 Å². The molecule has 1 heterocycles. The van der Waals surface area contributed by atoms with E-state index >= 15 is 0 Å². The Hall–Kier alpha value is -2.66. The third-order valence-electron chi connectivity index (χ3n) is 3.61. The fourth-order valence-corrected chi connectivity index (χ4v) is 2.46. The van der Waals surface area contributed by atoms with Crippen molar-refractivity contribution in [3.05, 3.63) is 66.0 Å². The third kappa shape index (κ3) is 2.99. The van der Waals surface area contributed by atoms with Gasteiger partial charge in [0.05, 0.1) is 23.4 Å². The average Bonchev–Trinajstić information content (AvgIpc) is 3.02. The van der Waals surface area contributed by atoms with Gasteiger partial charge < -0.3 is 15.4 Å². The number of benzene rings is 2. The molecule has 3 aromatic rings. The Morgan fingerprint density at radius 2 is 2.05 bits per heavy atom. The first kappa shape index (κ1) is 14.3. The van der Waals surface area contributed by atoms with Gasteiger partial charge in [-0.1, -0.05) is 30.3 Å². The molecule has 0 aliphatic carbocycles. The monoisotopic (exact) mass is 295 g/mol. The van der Waals surface area contributed by atoms with Gasteiger partial charge in [-0.05, 0) is 30.2 Å². The summed E-state index contributed by atoms with van der Waals surface area (Å²) in [6, 6.07) is 14.8. The summed E-state index contributed by atoms with van der Waals surface area (Å²) in [6.07, 6.45) is 2.08. The van der Waals surface area contributed by atoms with Crippen LogP contribution in [0, 0.1) is 0 Å².